The number of anilines is 1. The van der Waals surface area contributed by atoms with Crippen LogP contribution < -0.4 is 5.32 Å². The van der Waals surface area contributed by atoms with Crippen LogP contribution in [0, 0.1) is 17.7 Å². The predicted molar refractivity (Wildman–Crippen MR) is 112 cm³/mol. The number of likely N-dealkylation sites (tertiary alicyclic amines) is 1. The summed E-state index contributed by atoms with van der Waals surface area (Å²) in [5, 5.41) is 3.01. The minimum Gasteiger partial charge on any atom is -0.342 e. The van der Waals surface area contributed by atoms with E-state index in [-0.39, 0.29) is 29.5 Å². The minimum absolute atomic E-state index is 0.0369. The van der Waals surface area contributed by atoms with Gasteiger partial charge in [-0.05, 0) is 61.1 Å². The third-order valence-electron chi connectivity index (χ3n) is 6.12. The summed E-state index contributed by atoms with van der Waals surface area (Å²) < 4.78 is 13.2. The van der Waals surface area contributed by atoms with Crippen LogP contribution in [0.25, 0.3) is 11.1 Å². The molecule has 2 aromatic carbocycles. The Morgan fingerprint density at radius 2 is 1.62 bits per heavy atom. The third kappa shape index (κ3) is 4.66. The molecule has 1 N–H and O–H groups in total. The number of benzene rings is 2. The second-order valence-electron chi connectivity index (χ2n) is 8.18. The highest BCUT2D eigenvalue weighted by Crippen LogP contribution is 2.29. The molecule has 1 saturated heterocycles. The van der Waals surface area contributed by atoms with Gasteiger partial charge in [0.2, 0.25) is 11.8 Å². The molecule has 2 amide bonds. The Labute approximate surface area is 171 Å². The number of carbonyl (C=O) groups excluding carboxylic acids is 2. The first-order chi connectivity index (χ1) is 14.1. The van der Waals surface area contributed by atoms with Gasteiger partial charge in [0.1, 0.15) is 5.82 Å². The van der Waals surface area contributed by atoms with E-state index in [1.54, 1.807) is 12.1 Å². The van der Waals surface area contributed by atoms with Crippen molar-refractivity contribution in [1.82, 2.24) is 4.90 Å². The fourth-order valence-electron chi connectivity index (χ4n) is 4.49. The Balaban J connectivity index is 1.40. The molecule has 1 aliphatic heterocycles. The molecule has 29 heavy (non-hydrogen) atoms. The average Bonchev–Trinajstić information content (AvgIpc) is 3.29. The van der Waals surface area contributed by atoms with E-state index < -0.39 is 0 Å². The molecule has 2 aromatic rings. The summed E-state index contributed by atoms with van der Waals surface area (Å²) in [6.45, 7) is 1.28. The van der Waals surface area contributed by atoms with Gasteiger partial charge in [0.25, 0.3) is 0 Å². The molecule has 1 saturated carbocycles. The molecule has 0 radical (unpaired) electrons. The normalized spacial score (nSPS) is 19.9. The summed E-state index contributed by atoms with van der Waals surface area (Å²) in [5.74, 6) is -0.0940. The van der Waals surface area contributed by atoms with Gasteiger partial charge in [-0.25, -0.2) is 4.39 Å². The number of carbonyl (C=O) groups is 2. The van der Waals surface area contributed by atoms with E-state index in [1.165, 1.54) is 12.1 Å². The number of rotatable bonds is 4. The van der Waals surface area contributed by atoms with Crippen LogP contribution in [0.4, 0.5) is 10.1 Å². The summed E-state index contributed by atoms with van der Waals surface area (Å²) in [5.41, 5.74) is 2.54. The predicted octanol–water partition coefficient (Wildman–Crippen LogP) is 4.86. The molecule has 4 nitrogen and oxygen atoms in total. The maximum absolute atomic E-state index is 13.2. The van der Waals surface area contributed by atoms with Crippen molar-refractivity contribution in [2.24, 2.45) is 11.8 Å². The molecule has 0 aromatic heterocycles. The average molecular weight is 394 g/mol. The van der Waals surface area contributed by atoms with E-state index in [1.807, 2.05) is 29.2 Å². The summed E-state index contributed by atoms with van der Waals surface area (Å²) in [6, 6.07) is 13.9. The van der Waals surface area contributed by atoms with Crippen LogP contribution in [0.15, 0.2) is 48.5 Å². The largest absolute Gasteiger partial charge is 0.342 e. The molecule has 1 aliphatic carbocycles. The molecule has 1 unspecified atom stereocenters. The van der Waals surface area contributed by atoms with Gasteiger partial charge >= 0.3 is 0 Å². The molecule has 1 heterocycles. The monoisotopic (exact) mass is 394 g/mol. The first-order valence-corrected chi connectivity index (χ1v) is 10.6. The van der Waals surface area contributed by atoms with Gasteiger partial charge in [0.15, 0.2) is 0 Å². The second kappa shape index (κ2) is 8.76. The van der Waals surface area contributed by atoms with Gasteiger partial charge in [0.05, 0.1) is 5.92 Å². The molecule has 1 atom stereocenters. The molecule has 0 bridgehead atoms. The lowest BCUT2D eigenvalue weighted by Crippen LogP contribution is -2.45. The van der Waals surface area contributed by atoms with E-state index in [4.69, 9.17) is 0 Å². The maximum atomic E-state index is 13.2. The van der Waals surface area contributed by atoms with Crippen molar-refractivity contribution in [3.05, 3.63) is 54.3 Å². The van der Waals surface area contributed by atoms with Gasteiger partial charge in [-0.2, -0.15) is 0 Å². The van der Waals surface area contributed by atoms with Gasteiger partial charge in [-0.1, -0.05) is 37.1 Å². The van der Waals surface area contributed by atoms with E-state index in [0.29, 0.717) is 6.54 Å². The lowest BCUT2D eigenvalue weighted by atomic mass is 9.95. The van der Waals surface area contributed by atoms with Gasteiger partial charge in [0, 0.05) is 24.7 Å². The van der Waals surface area contributed by atoms with Crippen LogP contribution in [0.3, 0.4) is 0 Å². The lowest BCUT2D eigenvalue weighted by Gasteiger charge is -2.33. The molecule has 5 heteroatoms. The topological polar surface area (TPSA) is 49.4 Å². The quantitative estimate of drug-likeness (QED) is 0.805. The van der Waals surface area contributed by atoms with Crippen LogP contribution in [0.5, 0.6) is 0 Å². The minimum atomic E-state index is -0.271. The molecule has 4 rings (SSSR count). The van der Waals surface area contributed by atoms with Crippen LogP contribution in [-0.2, 0) is 9.59 Å². The number of halogens is 1. The first-order valence-electron chi connectivity index (χ1n) is 10.6. The smallest absolute Gasteiger partial charge is 0.229 e. The Morgan fingerprint density at radius 3 is 2.38 bits per heavy atom. The van der Waals surface area contributed by atoms with Gasteiger partial charge < -0.3 is 10.2 Å². The number of nitrogens with zero attached hydrogens (tertiary/aromatic N) is 1. The fourth-order valence-corrected chi connectivity index (χ4v) is 4.49. The summed E-state index contributed by atoms with van der Waals surface area (Å²) in [7, 11) is 0. The Hall–Kier alpha value is -2.69. The first kappa shape index (κ1) is 19.6. The number of piperidine rings is 1. The van der Waals surface area contributed by atoms with Crippen molar-refractivity contribution in [2.75, 3.05) is 18.4 Å². The highest BCUT2D eigenvalue weighted by atomic mass is 19.1. The van der Waals surface area contributed by atoms with E-state index >= 15 is 0 Å². The van der Waals surface area contributed by atoms with E-state index in [9.17, 15) is 14.0 Å². The lowest BCUT2D eigenvalue weighted by molar-refractivity contribution is -0.138. The molecule has 152 valence electrons. The van der Waals surface area contributed by atoms with Crippen molar-refractivity contribution >= 4 is 17.5 Å². The molecular weight excluding hydrogens is 367 g/mol. The summed E-state index contributed by atoms with van der Waals surface area (Å²) in [4.78, 5) is 27.5. The molecule has 2 fully saturated rings. The highest BCUT2D eigenvalue weighted by Gasteiger charge is 2.32. The van der Waals surface area contributed by atoms with Crippen molar-refractivity contribution in [3.63, 3.8) is 0 Å². The standard InChI is InChI=1S/C24H27FN2O2/c25-21-12-10-17(11-13-21)19-7-3-9-22(15-19)26-23(28)20-8-4-14-27(16-20)24(29)18-5-1-2-6-18/h3,7,9-13,15,18,20H,1-2,4-6,8,14,16H2,(H,26,28). The summed E-state index contributed by atoms with van der Waals surface area (Å²) >= 11 is 0. The zero-order valence-electron chi connectivity index (χ0n) is 16.6. The Bertz CT molecular complexity index is 875. The number of amides is 2. The third-order valence-corrected chi connectivity index (χ3v) is 6.12. The highest BCUT2D eigenvalue weighted by molar-refractivity contribution is 5.94. The van der Waals surface area contributed by atoms with Crippen molar-refractivity contribution in [3.8, 4) is 11.1 Å². The zero-order chi connectivity index (χ0) is 20.2. The van der Waals surface area contributed by atoms with Crippen LogP contribution in [0.1, 0.15) is 38.5 Å². The van der Waals surface area contributed by atoms with Crippen molar-refractivity contribution in [2.45, 2.75) is 38.5 Å². The van der Waals surface area contributed by atoms with E-state index in [2.05, 4.69) is 5.32 Å². The SMILES string of the molecule is O=C(Nc1cccc(-c2ccc(F)cc2)c1)C1CCCN(C(=O)C2CCCC2)C1. The number of hydrogen-bond acceptors (Lipinski definition) is 2. The number of nitrogens with one attached hydrogen (secondary N) is 1. The fraction of sp³-hybridized carbons (Fsp3) is 0.417. The molecular formula is C24H27FN2O2. The number of hydrogen-bond donors (Lipinski definition) is 1. The second-order valence-corrected chi connectivity index (χ2v) is 8.18. The Kier molecular flexibility index (Phi) is 5.93. The van der Waals surface area contributed by atoms with Crippen LogP contribution in [0.2, 0.25) is 0 Å². The van der Waals surface area contributed by atoms with Crippen molar-refractivity contribution < 1.29 is 14.0 Å². The summed E-state index contributed by atoms with van der Waals surface area (Å²) in [6.07, 6.45) is 5.92. The van der Waals surface area contributed by atoms with E-state index in [0.717, 1.165) is 61.9 Å². The maximum Gasteiger partial charge on any atom is 0.229 e. The van der Waals surface area contributed by atoms with Crippen LogP contribution in [-0.4, -0.2) is 29.8 Å². The van der Waals surface area contributed by atoms with Gasteiger partial charge in [-0.3, -0.25) is 9.59 Å². The Morgan fingerprint density at radius 1 is 0.897 bits per heavy atom. The van der Waals surface area contributed by atoms with Crippen LogP contribution >= 0.6 is 0 Å². The molecule has 2 aliphatic rings. The zero-order valence-corrected chi connectivity index (χ0v) is 16.6. The van der Waals surface area contributed by atoms with Crippen molar-refractivity contribution in [1.29, 1.82) is 0 Å². The van der Waals surface area contributed by atoms with Gasteiger partial charge in [-0.15, -0.1) is 0 Å². The molecule has 0 spiro atoms.